The molecule has 0 saturated carbocycles. The van der Waals surface area contributed by atoms with Gasteiger partial charge in [-0.2, -0.15) is 0 Å². The third-order valence-corrected chi connectivity index (χ3v) is 4.48. The second-order valence-corrected chi connectivity index (χ2v) is 5.98. The van der Waals surface area contributed by atoms with Crippen LogP contribution in [0.15, 0.2) is 18.2 Å². The van der Waals surface area contributed by atoms with Crippen LogP contribution in [0.3, 0.4) is 0 Å². The SMILES string of the molecule is Fc1cccc(CN2CCCCC2CCBr)c1Cl. The molecular formula is C14H18BrClFN. The lowest BCUT2D eigenvalue weighted by Crippen LogP contribution is -2.39. The molecule has 1 aromatic carbocycles. The molecule has 0 bridgehead atoms. The Morgan fingerprint density at radius 1 is 1.39 bits per heavy atom. The van der Waals surface area contributed by atoms with Crippen molar-refractivity contribution < 1.29 is 4.39 Å². The van der Waals surface area contributed by atoms with Gasteiger partial charge in [0.2, 0.25) is 0 Å². The molecule has 1 atom stereocenters. The minimum Gasteiger partial charge on any atom is -0.296 e. The molecule has 4 heteroatoms. The molecule has 1 nitrogen and oxygen atoms in total. The van der Waals surface area contributed by atoms with Gasteiger partial charge in [-0.05, 0) is 37.4 Å². The van der Waals surface area contributed by atoms with Crippen LogP contribution in [-0.2, 0) is 6.54 Å². The van der Waals surface area contributed by atoms with E-state index in [1.165, 1.54) is 25.3 Å². The van der Waals surface area contributed by atoms with Crippen molar-refractivity contribution in [1.29, 1.82) is 0 Å². The fourth-order valence-corrected chi connectivity index (χ4v) is 3.32. The summed E-state index contributed by atoms with van der Waals surface area (Å²) in [6, 6.07) is 5.67. The topological polar surface area (TPSA) is 3.24 Å². The first-order chi connectivity index (χ1) is 8.72. The molecule has 1 heterocycles. The highest BCUT2D eigenvalue weighted by Crippen LogP contribution is 2.26. The van der Waals surface area contributed by atoms with Gasteiger partial charge in [-0.1, -0.05) is 46.1 Å². The van der Waals surface area contributed by atoms with Gasteiger partial charge >= 0.3 is 0 Å². The number of piperidine rings is 1. The Labute approximate surface area is 121 Å². The first-order valence-corrected chi connectivity index (χ1v) is 7.95. The number of hydrogen-bond donors (Lipinski definition) is 0. The molecule has 1 aromatic rings. The van der Waals surface area contributed by atoms with Gasteiger partial charge in [0.05, 0.1) is 5.02 Å². The first kappa shape index (κ1) is 14.3. The zero-order chi connectivity index (χ0) is 13.0. The highest BCUT2D eigenvalue weighted by Gasteiger charge is 2.22. The Kier molecular flexibility index (Phi) is 5.46. The molecule has 0 aromatic heterocycles. The molecule has 1 aliphatic rings. The zero-order valence-corrected chi connectivity index (χ0v) is 12.7. The summed E-state index contributed by atoms with van der Waals surface area (Å²) in [5, 5.41) is 1.30. The van der Waals surface area contributed by atoms with Crippen LogP contribution in [0.5, 0.6) is 0 Å². The van der Waals surface area contributed by atoms with Gasteiger partial charge in [-0.25, -0.2) is 4.39 Å². The summed E-state index contributed by atoms with van der Waals surface area (Å²) in [6.45, 7) is 1.85. The molecule has 100 valence electrons. The van der Waals surface area contributed by atoms with Gasteiger partial charge in [0.1, 0.15) is 5.82 Å². The fraction of sp³-hybridized carbons (Fsp3) is 0.571. The molecule has 18 heavy (non-hydrogen) atoms. The number of benzene rings is 1. The summed E-state index contributed by atoms with van der Waals surface area (Å²) in [4.78, 5) is 2.44. The molecule has 1 aliphatic heterocycles. The van der Waals surface area contributed by atoms with Crippen molar-refractivity contribution >= 4 is 27.5 Å². The summed E-state index contributed by atoms with van der Waals surface area (Å²) < 4.78 is 13.4. The largest absolute Gasteiger partial charge is 0.296 e. The van der Waals surface area contributed by atoms with Crippen molar-refractivity contribution in [3.05, 3.63) is 34.6 Å². The average Bonchev–Trinajstić information content (AvgIpc) is 2.37. The smallest absolute Gasteiger partial charge is 0.142 e. The minimum absolute atomic E-state index is 0.278. The van der Waals surface area contributed by atoms with E-state index in [0.717, 1.165) is 30.4 Å². The van der Waals surface area contributed by atoms with E-state index in [1.54, 1.807) is 6.07 Å². The van der Waals surface area contributed by atoms with Crippen LogP contribution < -0.4 is 0 Å². The zero-order valence-electron chi connectivity index (χ0n) is 10.3. The first-order valence-electron chi connectivity index (χ1n) is 6.45. The van der Waals surface area contributed by atoms with Crippen LogP contribution in [-0.4, -0.2) is 22.8 Å². The normalized spacial score (nSPS) is 21.2. The lowest BCUT2D eigenvalue weighted by atomic mass is 9.99. The molecule has 1 unspecified atom stereocenters. The predicted molar refractivity (Wildman–Crippen MR) is 77.9 cm³/mol. The van der Waals surface area contributed by atoms with Crippen molar-refractivity contribution in [2.24, 2.45) is 0 Å². The number of alkyl halides is 1. The summed E-state index contributed by atoms with van der Waals surface area (Å²) in [6.07, 6.45) is 4.90. The van der Waals surface area contributed by atoms with Crippen molar-refractivity contribution in [1.82, 2.24) is 4.90 Å². The summed E-state index contributed by atoms with van der Waals surface area (Å²) in [5.74, 6) is -0.316. The molecule has 0 aliphatic carbocycles. The molecule has 0 spiro atoms. The molecule has 1 saturated heterocycles. The molecule has 0 radical (unpaired) electrons. The lowest BCUT2D eigenvalue weighted by molar-refractivity contribution is 0.137. The van der Waals surface area contributed by atoms with Gasteiger partial charge in [0.25, 0.3) is 0 Å². The van der Waals surface area contributed by atoms with Crippen molar-refractivity contribution in [3.8, 4) is 0 Å². The second-order valence-electron chi connectivity index (χ2n) is 4.81. The highest BCUT2D eigenvalue weighted by molar-refractivity contribution is 9.09. The van der Waals surface area contributed by atoms with E-state index in [0.29, 0.717) is 6.04 Å². The van der Waals surface area contributed by atoms with Crippen LogP contribution in [0.4, 0.5) is 4.39 Å². The van der Waals surface area contributed by atoms with Gasteiger partial charge in [0.15, 0.2) is 0 Å². The van der Waals surface area contributed by atoms with E-state index in [2.05, 4.69) is 20.8 Å². The number of likely N-dealkylation sites (tertiary alicyclic amines) is 1. The Morgan fingerprint density at radius 3 is 3.00 bits per heavy atom. The van der Waals surface area contributed by atoms with Gasteiger partial charge < -0.3 is 0 Å². The number of hydrogen-bond acceptors (Lipinski definition) is 1. The van der Waals surface area contributed by atoms with Gasteiger partial charge in [-0.15, -0.1) is 0 Å². The molecule has 1 fully saturated rings. The highest BCUT2D eigenvalue weighted by atomic mass is 79.9. The monoisotopic (exact) mass is 333 g/mol. The van der Waals surface area contributed by atoms with E-state index < -0.39 is 0 Å². The van der Waals surface area contributed by atoms with Gasteiger partial charge in [0, 0.05) is 17.9 Å². The van der Waals surface area contributed by atoms with Crippen LogP contribution in [0, 0.1) is 5.82 Å². The van der Waals surface area contributed by atoms with E-state index in [9.17, 15) is 4.39 Å². The van der Waals surface area contributed by atoms with E-state index in [1.807, 2.05) is 6.07 Å². The van der Waals surface area contributed by atoms with E-state index >= 15 is 0 Å². The third-order valence-electron chi connectivity index (χ3n) is 3.60. The van der Waals surface area contributed by atoms with Crippen molar-refractivity contribution in [2.45, 2.75) is 38.3 Å². The van der Waals surface area contributed by atoms with E-state index in [4.69, 9.17) is 11.6 Å². The fourth-order valence-electron chi connectivity index (χ4n) is 2.61. The van der Waals surface area contributed by atoms with Crippen LogP contribution in [0.1, 0.15) is 31.2 Å². The van der Waals surface area contributed by atoms with Crippen molar-refractivity contribution in [2.75, 3.05) is 11.9 Å². The maximum atomic E-state index is 13.4. The van der Waals surface area contributed by atoms with Crippen LogP contribution in [0.2, 0.25) is 5.02 Å². The summed E-state index contributed by atoms with van der Waals surface area (Å²) >= 11 is 9.54. The predicted octanol–water partition coefficient (Wildman–Crippen LogP) is 4.62. The molecule has 2 rings (SSSR count). The molecular weight excluding hydrogens is 317 g/mol. The Hall–Kier alpha value is -0.120. The summed E-state index contributed by atoms with van der Waals surface area (Å²) in [5.41, 5.74) is 0.901. The maximum absolute atomic E-state index is 13.4. The third kappa shape index (κ3) is 3.46. The van der Waals surface area contributed by atoms with Crippen LogP contribution >= 0.6 is 27.5 Å². The minimum atomic E-state index is -0.316. The van der Waals surface area contributed by atoms with E-state index in [-0.39, 0.29) is 10.8 Å². The lowest BCUT2D eigenvalue weighted by Gasteiger charge is -2.35. The van der Waals surface area contributed by atoms with Crippen LogP contribution in [0.25, 0.3) is 0 Å². The Bertz CT molecular complexity index is 397. The van der Waals surface area contributed by atoms with Gasteiger partial charge in [-0.3, -0.25) is 4.90 Å². The number of rotatable bonds is 4. The Balaban J connectivity index is 2.08. The summed E-state index contributed by atoms with van der Waals surface area (Å²) in [7, 11) is 0. The molecule has 0 amide bonds. The second kappa shape index (κ2) is 6.88. The number of halogens is 3. The quantitative estimate of drug-likeness (QED) is 0.726. The number of nitrogens with zero attached hydrogens (tertiary/aromatic N) is 1. The average molecular weight is 335 g/mol. The van der Waals surface area contributed by atoms with Crippen molar-refractivity contribution in [3.63, 3.8) is 0 Å². The standard InChI is InChI=1S/C14H18BrClFN/c15-8-7-12-5-1-2-9-18(12)10-11-4-3-6-13(17)14(11)16/h3-4,6,12H,1-2,5,7-10H2. The Morgan fingerprint density at radius 2 is 2.22 bits per heavy atom. The molecule has 0 N–H and O–H groups in total. The maximum Gasteiger partial charge on any atom is 0.142 e.